The molecule has 9 nitrogen and oxygen atoms in total. The highest BCUT2D eigenvalue weighted by Crippen LogP contribution is 2.27. The molecule has 0 spiro atoms. The molecule has 6 atom stereocenters. The van der Waals surface area contributed by atoms with Crippen LogP contribution in [0.1, 0.15) is 87.0 Å². The predicted octanol–water partition coefficient (Wildman–Crippen LogP) is 4.78. The molecule has 5 N–H and O–H groups in total. The van der Waals surface area contributed by atoms with Crippen molar-refractivity contribution in [3.63, 3.8) is 0 Å². The van der Waals surface area contributed by atoms with E-state index in [-0.39, 0.29) is 42.4 Å². The number of carbonyl (C=O) groups is 3. The lowest BCUT2D eigenvalue weighted by Gasteiger charge is -2.32. The van der Waals surface area contributed by atoms with Crippen LogP contribution in [0.15, 0.2) is 42.5 Å². The summed E-state index contributed by atoms with van der Waals surface area (Å²) in [6.45, 7) is 14.0. The van der Waals surface area contributed by atoms with Gasteiger partial charge >= 0.3 is 0 Å². The third-order valence-corrected chi connectivity index (χ3v) is 8.31. The lowest BCUT2D eigenvalue weighted by atomic mass is 9.88. The van der Waals surface area contributed by atoms with Gasteiger partial charge in [0.2, 0.25) is 17.7 Å². The van der Waals surface area contributed by atoms with Crippen molar-refractivity contribution in [2.24, 2.45) is 17.8 Å². The normalized spacial score (nSPS) is 15.6. The molecule has 0 radical (unpaired) electrons. The van der Waals surface area contributed by atoms with Crippen molar-refractivity contribution in [1.82, 2.24) is 16.0 Å². The van der Waals surface area contributed by atoms with Crippen LogP contribution in [0, 0.1) is 17.8 Å². The summed E-state index contributed by atoms with van der Waals surface area (Å²) in [5.74, 6) is -1.00. The molecule has 252 valence electrons. The molecule has 9 heteroatoms. The Labute approximate surface area is 270 Å². The highest BCUT2D eigenvalue weighted by Gasteiger charge is 2.32. The number of nitrogens with zero attached hydrogens (tertiary/aromatic N) is 1. The summed E-state index contributed by atoms with van der Waals surface area (Å²) in [5, 5.41) is 32.5. The molecule has 0 saturated heterocycles. The maximum Gasteiger partial charge on any atom is 0.243 e. The summed E-state index contributed by atoms with van der Waals surface area (Å²) >= 11 is 0. The lowest BCUT2D eigenvalue weighted by molar-refractivity contribution is -0.131. The first-order valence-corrected chi connectivity index (χ1v) is 16.7. The van der Waals surface area contributed by atoms with Gasteiger partial charge in [-0.15, -0.1) is 0 Å². The molecule has 2 aromatic rings. The molecule has 0 saturated carbocycles. The standard InChI is InChI=1S/C36H58N4O5/c1-9-10-17-30(38-34(43)26(7)40(8)32-18-13-15-27-14-11-12-16-29(27)32)36(45)39-31(19-23(2)3)33(42)21-28(20-25(6)41)35(44)37-22-24(4)5/h11-16,18,23-26,28,30-31,33,41-42H,9-10,17,19-22H2,1-8H3,(H,37,44)(H,38,43)(H,39,45)/t25?,26-,28?,30-,31-,33-/m0/s1. The Morgan fingerprint density at radius 1 is 0.800 bits per heavy atom. The summed E-state index contributed by atoms with van der Waals surface area (Å²) < 4.78 is 0. The van der Waals surface area contributed by atoms with Crippen molar-refractivity contribution in [3.8, 4) is 0 Å². The van der Waals surface area contributed by atoms with Crippen molar-refractivity contribution in [3.05, 3.63) is 42.5 Å². The number of amides is 3. The van der Waals surface area contributed by atoms with E-state index >= 15 is 0 Å². The highest BCUT2D eigenvalue weighted by atomic mass is 16.3. The number of nitrogens with one attached hydrogen (secondary N) is 3. The molecule has 0 aliphatic heterocycles. The molecule has 2 rings (SSSR count). The fraction of sp³-hybridized carbons (Fsp3) is 0.639. The third kappa shape index (κ3) is 12.3. The number of likely N-dealkylation sites (N-methyl/N-ethyl adjacent to an activating group) is 1. The molecule has 0 bridgehead atoms. The van der Waals surface area contributed by atoms with Crippen molar-refractivity contribution < 1.29 is 24.6 Å². The Morgan fingerprint density at radius 2 is 1.47 bits per heavy atom. The maximum absolute atomic E-state index is 13.7. The number of carbonyl (C=O) groups excluding carboxylic acids is 3. The monoisotopic (exact) mass is 626 g/mol. The van der Waals surface area contributed by atoms with Gasteiger partial charge in [0, 0.05) is 30.6 Å². The summed E-state index contributed by atoms with van der Waals surface area (Å²) in [6, 6.07) is 12.1. The van der Waals surface area contributed by atoms with Crippen molar-refractivity contribution >= 4 is 34.2 Å². The number of benzene rings is 2. The highest BCUT2D eigenvalue weighted by molar-refractivity contribution is 5.97. The van der Waals surface area contributed by atoms with E-state index in [0.29, 0.717) is 19.4 Å². The molecule has 0 aliphatic carbocycles. The van der Waals surface area contributed by atoms with E-state index in [4.69, 9.17) is 0 Å². The lowest BCUT2D eigenvalue weighted by Crippen LogP contribution is -2.55. The second kappa shape index (κ2) is 18.7. The Kier molecular flexibility index (Phi) is 15.8. The van der Waals surface area contributed by atoms with Gasteiger partial charge in [-0.25, -0.2) is 0 Å². The number of fused-ring (bicyclic) bond motifs is 1. The first-order chi connectivity index (χ1) is 21.2. The molecule has 0 aliphatic rings. The minimum Gasteiger partial charge on any atom is -0.393 e. The number of rotatable bonds is 19. The fourth-order valence-electron chi connectivity index (χ4n) is 5.60. The van der Waals surface area contributed by atoms with Gasteiger partial charge in [0.15, 0.2) is 0 Å². The van der Waals surface area contributed by atoms with Crippen LogP contribution in [0.25, 0.3) is 10.8 Å². The Balaban J connectivity index is 2.20. The number of hydrogen-bond donors (Lipinski definition) is 5. The summed E-state index contributed by atoms with van der Waals surface area (Å²) in [4.78, 5) is 42.2. The van der Waals surface area contributed by atoms with E-state index in [2.05, 4.69) is 16.0 Å². The van der Waals surface area contributed by atoms with E-state index in [1.54, 1.807) is 6.92 Å². The molecule has 3 amide bonds. The van der Waals surface area contributed by atoms with E-state index < -0.39 is 36.3 Å². The smallest absolute Gasteiger partial charge is 0.243 e. The van der Waals surface area contributed by atoms with Crippen LogP contribution in [0.2, 0.25) is 0 Å². The van der Waals surface area contributed by atoms with Gasteiger partial charge in [-0.3, -0.25) is 14.4 Å². The van der Waals surface area contributed by atoms with E-state index in [0.717, 1.165) is 29.3 Å². The number of anilines is 1. The predicted molar refractivity (Wildman–Crippen MR) is 183 cm³/mol. The third-order valence-electron chi connectivity index (χ3n) is 8.31. The second-order valence-corrected chi connectivity index (χ2v) is 13.5. The zero-order valence-electron chi connectivity index (χ0n) is 28.7. The SMILES string of the molecule is CCCC[C@H](NC(=O)[C@H](C)N(C)c1cccc2ccccc12)C(=O)N[C@@H](CC(C)C)[C@@H](O)CC(CC(C)O)C(=O)NCC(C)C. The number of hydrogen-bond acceptors (Lipinski definition) is 6. The van der Waals surface area contributed by atoms with Gasteiger partial charge in [0.05, 0.1) is 18.2 Å². The van der Waals surface area contributed by atoms with Gasteiger partial charge in [-0.1, -0.05) is 83.9 Å². The van der Waals surface area contributed by atoms with E-state index in [9.17, 15) is 24.6 Å². The number of unbranched alkanes of at least 4 members (excludes halogenated alkanes) is 1. The zero-order valence-corrected chi connectivity index (χ0v) is 28.7. The van der Waals surface area contributed by atoms with Gasteiger partial charge in [0.25, 0.3) is 0 Å². The van der Waals surface area contributed by atoms with E-state index in [1.165, 1.54) is 0 Å². The van der Waals surface area contributed by atoms with Crippen LogP contribution in [-0.2, 0) is 14.4 Å². The average molecular weight is 627 g/mol. The topological polar surface area (TPSA) is 131 Å². The van der Waals surface area contributed by atoms with Crippen LogP contribution in [0.3, 0.4) is 0 Å². The zero-order chi connectivity index (χ0) is 33.7. The van der Waals surface area contributed by atoms with Gasteiger partial charge in [-0.05, 0) is 62.8 Å². The minimum atomic E-state index is -1.01. The summed E-state index contributed by atoms with van der Waals surface area (Å²) in [6.07, 6.45) is 1.15. The summed E-state index contributed by atoms with van der Waals surface area (Å²) in [7, 11) is 1.88. The molecular weight excluding hydrogens is 568 g/mol. The summed E-state index contributed by atoms with van der Waals surface area (Å²) in [5.41, 5.74) is 0.926. The average Bonchev–Trinajstić information content (AvgIpc) is 2.99. The van der Waals surface area contributed by atoms with Gasteiger partial charge < -0.3 is 31.1 Å². The molecule has 0 heterocycles. The minimum absolute atomic E-state index is 0.103. The Morgan fingerprint density at radius 3 is 2.09 bits per heavy atom. The van der Waals surface area contributed by atoms with Crippen LogP contribution < -0.4 is 20.9 Å². The quantitative estimate of drug-likeness (QED) is 0.153. The Hall–Kier alpha value is -3.17. The van der Waals surface area contributed by atoms with Crippen molar-refractivity contribution in [1.29, 1.82) is 0 Å². The van der Waals surface area contributed by atoms with Gasteiger partial charge in [0.1, 0.15) is 12.1 Å². The number of aliphatic hydroxyl groups is 2. The molecule has 0 aromatic heterocycles. The largest absolute Gasteiger partial charge is 0.393 e. The van der Waals surface area contributed by atoms with Crippen molar-refractivity contribution in [2.75, 3.05) is 18.5 Å². The fourth-order valence-corrected chi connectivity index (χ4v) is 5.60. The van der Waals surface area contributed by atoms with Crippen LogP contribution >= 0.6 is 0 Å². The van der Waals surface area contributed by atoms with Gasteiger partial charge in [-0.2, -0.15) is 0 Å². The first-order valence-electron chi connectivity index (χ1n) is 16.7. The van der Waals surface area contributed by atoms with Crippen LogP contribution in [0.5, 0.6) is 0 Å². The molecule has 2 aromatic carbocycles. The Bertz CT molecular complexity index is 1210. The molecular formula is C36H58N4O5. The second-order valence-electron chi connectivity index (χ2n) is 13.5. The number of aliphatic hydroxyl groups excluding tert-OH is 2. The maximum atomic E-state index is 13.7. The van der Waals surface area contributed by atoms with Crippen molar-refractivity contribution in [2.45, 2.75) is 117 Å². The van der Waals surface area contributed by atoms with E-state index in [1.807, 2.05) is 96.0 Å². The van der Waals surface area contributed by atoms with Crippen LogP contribution in [-0.4, -0.2) is 71.9 Å². The van der Waals surface area contributed by atoms with Crippen LogP contribution in [0.4, 0.5) is 5.69 Å². The molecule has 45 heavy (non-hydrogen) atoms. The molecule has 0 fully saturated rings. The first kappa shape index (κ1) is 38.0. The molecule has 2 unspecified atom stereocenters.